The quantitative estimate of drug-likeness (QED) is 0.719. The number of Topliss-reactive ketones (excluding diaryl/α,β-unsaturated/α-hetero) is 1. The van der Waals surface area contributed by atoms with Crippen LogP contribution in [0.25, 0.3) is 0 Å². The summed E-state index contributed by atoms with van der Waals surface area (Å²) in [4.78, 5) is 11.7. The lowest BCUT2D eigenvalue weighted by Crippen LogP contribution is -2.07. The van der Waals surface area contributed by atoms with E-state index in [4.69, 9.17) is 11.6 Å². The number of ketones is 1. The molecular weight excluding hydrogens is 224 g/mol. The molecule has 16 heavy (non-hydrogen) atoms. The maximum atomic E-state index is 11.7. The Bertz CT molecular complexity index is 371. The SMILES string of the molecule is CCCCCC(=O)Cc1c(Cl)c(C)nn1C. The Labute approximate surface area is 102 Å². The molecule has 0 atom stereocenters. The Morgan fingerprint density at radius 3 is 2.62 bits per heavy atom. The Kier molecular flexibility index (Phi) is 5.00. The third-order valence-electron chi connectivity index (χ3n) is 2.69. The molecule has 0 saturated heterocycles. The second kappa shape index (κ2) is 6.04. The first-order valence-corrected chi connectivity index (χ1v) is 6.13. The van der Waals surface area contributed by atoms with Crippen LogP contribution in [0.3, 0.4) is 0 Å². The van der Waals surface area contributed by atoms with E-state index in [1.54, 1.807) is 4.68 Å². The van der Waals surface area contributed by atoms with E-state index in [2.05, 4.69) is 12.0 Å². The highest BCUT2D eigenvalue weighted by Crippen LogP contribution is 2.20. The fourth-order valence-electron chi connectivity index (χ4n) is 1.72. The van der Waals surface area contributed by atoms with Crippen molar-refractivity contribution in [3.05, 3.63) is 16.4 Å². The number of rotatable bonds is 6. The fraction of sp³-hybridized carbons (Fsp3) is 0.667. The van der Waals surface area contributed by atoms with Crippen LogP contribution in [0.2, 0.25) is 5.02 Å². The summed E-state index contributed by atoms with van der Waals surface area (Å²) in [6.45, 7) is 3.99. The largest absolute Gasteiger partial charge is 0.299 e. The Hall–Kier alpha value is -0.830. The molecule has 0 saturated carbocycles. The molecule has 1 aromatic rings. The molecule has 0 fully saturated rings. The number of halogens is 1. The van der Waals surface area contributed by atoms with Gasteiger partial charge in [0.25, 0.3) is 0 Å². The zero-order chi connectivity index (χ0) is 12.1. The summed E-state index contributed by atoms with van der Waals surface area (Å²) in [5, 5.41) is 4.82. The molecule has 0 spiro atoms. The predicted molar refractivity (Wildman–Crippen MR) is 65.8 cm³/mol. The molecule has 0 aliphatic carbocycles. The highest BCUT2D eigenvalue weighted by atomic mass is 35.5. The molecule has 0 unspecified atom stereocenters. The third-order valence-corrected chi connectivity index (χ3v) is 3.18. The number of carbonyl (C=O) groups is 1. The van der Waals surface area contributed by atoms with Crippen molar-refractivity contribution in [2.75, 3.05) is 0 Å². The molecule has 0 amide bonds. The highest BCUT2D eigenvalue weighted by molar-refractivity contribution is 6.32. The Morgan fingerprint density at radius 2 is 2.12 bits per heavy atom. The molecule has 1 rings (SSSR count). The first-order chi connectivity index (χ1) is 7.56. The van der Waals surface area contributed by atoms with Crippen molar-refractivity contribution < 1.29 is 4.79 Å². The molecule has 4 heteroatoms. The van der Waals surface area contributed by atoms with Gasteiger partial charge in [-0.05, 0) is 13.3 Å². The third kappa shape index (κ3) is 3.34. The van der Waals surface area contributed by atoms with E-state index < -0.39 is 0 Å². The average molecular weight is 243 g/mol. The number of carbonyl (C=O) groups excluding carboxylic acids is 1. The molecule has 0 radical (unpaired) electrons. The highest BCUT2D eigenvalue weighted by Gasteiger charge is 2.14. The van der Waals surface area contributed by atoms with Crippen LogP contribution < -0.4 is 0 Å². The molecule has 90 valence electrons. The second-order valence-electron chi connectivity index (χ2n) is 4.14. The number of hydrogen-bond acceptors (Lipinski definition) is 2. The van der Waals surface area contributed by atoms with Gasteiger partial charge in [-0.1, -0.05) is 31.4 Å². The van der Waals surface area contributed by atoms with E-state index in [0.29, 0.717) is 17.9 Å². The lowest BCUT2D eigenvalue weighted by molar-refractivity contribution is -0.118. The van der Waals surface area contributed by atoms with Gasteiger partial charge >= 0.3 is 0 Å². The number of nitrogens with zero attached hydrogens (tertiary/aromatic N) is 2. The molecule has 0 aromatic carbocycles. The van der Waals surface area contributed by atoms with Gasteiger partial charge < -0.3 is 0 Å². The van der Waals surface area contributed by atoms with Gasteiger partial charge in [0.2, 0.25) is 0 Å². The van der Waals surface area contributed by atoms with Gasteiger partial charge in [0.15, 0.2) is 0 Å². The summed E-state index contributed by atoms with van der Waals surface area (Å²) in [5.74, 6) is 0.248. The number of unbranched alkanes of at least 4 members (excludes halogenated alkanes) is 2. The monoisotopic (exact) mass is 242 g/mol. The standard InChI is InChI=1S/C12H19ClN2O/c1-4-5-6-7-10(16)8-11-12(13)9(2)14-15(11)3/h4-8H2,1-3H3. The van der Waals surface area contributed by atoms with Crippen molar-refractivity contribution in [3.8, 4) is 0 Å². The van der Waals surface area contributed by atoms with Gasteiger partial charge in [0.05, 0.1) is 16.4 Å². The first-order valence-electron chi connectivity index (χ1n) is 5.76. The van der Waals surface area contributed by atoms with E-state index >= 15 is 0 Å². The van der Waals surface area contributed by atoms with Crippen LogP contribution in [-0.4, -0.2) is 15.6 Å². The van der Waals surface area contributed by atoms with Gasteiger partial charge in [-0.2, -0.15) is 5.10 Å². The van der Waals surface area contributed by atoms with Gasteiger partial charge in [-0.15, -0.1) is 0 Å². The number of aryl methyl sites for hydroxylation is 2. The van der Waals surface area contributed by atoms with E-state index in [1.807, 2.05) is 14.0 Å². The van der Waals surface area contributed by atoms with E-state index in [0.717, 1.165) is 30.7 Å². The summed E-state index contributed by atoms with van der Waals surface area (Å²) in [5.41, 5.74) is 1.63. The van der Waals surface area contributed by atoms with Crippen LogP contribution in [-0.2, 0) is 18.3 Å². The number of aromatic nitrogens is 2. The minimum absolute atomic E-state index is 0.248. The Balaban J connectivity index is 2.56. The van der Waals surface area contributed by atoms with E-state index in [-0.39, 0.29) is 5.78 Å². The predicted octanol–water partition coefficient (Wildman–Crippen LogP) is 3.07. The zero-order valence-electron chi connectivity index (χ0n) is 10.2. The summed E-state index contributed by atoms with van der Waals surface area (Å²) in [7, 11) is 1.83. The van der Waals surface area contributed by atoms with Gasteiger partial charge in [-0.3, -0.25) is 9.48 Å². The topological polar surface area (TPSA) is 34.9 Å². The molecule has 1 heterocycles. The van der Waals surface area contributed by atoms with Crippen molar-refractivity contribution in [3.63, 3.8) is 0 Å². The minimum atomic E-state index is 0.248. The van der Waals surface area contributed by atoms with Crippen molar-refractivity contribution in [2.24, 2.45) is 7.05 Å². The van der Waals surface area contributed by atoms with E-state index in [1.165, 1.54) is 0 Å². The molecular formula is C12H19ClN2O. The molecule has 0 aliphatic heterocycles. The summed E-state index contributed by atoms with van der Waals surface area (Å²) in [6.07, 6.45) is 4.28. The molecule has 1 aromatic heterocycles. The van der Waals surface area contributed by atoms with Crippen molar-refractivity contribution in [1.29, 1.82) is 0 Å². The second-order valence-corrected chi connectivity index (χ2v) is 4.52. The smallest absolute Gasteiger partial charge is 0.138 e. The fourth-order valence-corrected chi connectivity index (χ4v) is 1.95. The average Bonchev–Trinajstić information content (AvgIpc) is 2.46. The van der Waals surface area contributed by atoms with Gasteiger partial charge in [0, 0.05) is 19.9 Å². The molecule has 0 N–H and O–H groups in total. The summed E-state index contributed by atoms with van der Waals surface area (Å²) >= 11 is 6.08. The van der Waals surface area contributed by atoms with Crippen LogP contribution in [0.1, 0.15) is 44.0 Å². The molecule has 3 nitrogen and oxygen atoms in total. The number of hydrogen-bond donors (Lipinski definition) is 0. The van der Waals surface area contributed by atoms with Crippen LogP contribution >= 0.6 is 11.6 Å². The first kappa shape index (κ1) is 13.2. The maximum Gasteiger partial charge on any atom is 0.138 e. The van der Waals surface area contributed by atoms with Crippen molar-refractivity contribution in [2.45, 2.75) is 46.0 Å². The van der Waals surface area contributed by atoms with Gasteiger partial charge in [0.1, 0.15) is 5.78 Å². The zero-order valence-corrected chi connectivity index (χ0v) is 11.0. The van der Waals surface area contributed by atoms with Crippen molar-refractivity contribution in [1.82, 2.24) is 9.78 Å². The van der Waals surface area contributed by atoms with Crippen molar-refractivity contribution >= 4 is 17.4 Å². The minimum Gasteiger partial charge on any atom is -0.299 e. The van der Waals surface area contributed by atoms with Crippen LogP contribution in [0, 0.1) is 6.92 Å². The summed E-state index contributed by atoms with van der Waals surface area (Å²) in [6, 6.07) is 0. The van der Waals surface area contributed by atoms with E-state index in [9.17, 15) is 4.79 Å². The van der Waals surface area contributed by atoms with Crippen LogP contribution in [0.4, 0.5) is 0 Å². The lowest BCUT2D eigenvalue weighted by Gasteiger charge is -2.02. The normalized spacial score (nSPS) is 10.8. The van der Waals surface area contributed by atoms with Crippen LogP contribution in [0.15, 0.2) is 0 Å². The maximum absolute atomic E-state index is 11.7. The van der Waals surface area contributed by atoms with Crippen LogP contribution in [0.5, 0.6) is 0 Å². The molecule has 0 aliphatic rings. The lowest BCUT2D eigenvalue weighted by atomic mass is 10.1. The molecule has 0 bridgehead atoms. The Morgan fingerprint density at radius 1 is 1.44 bits per heavy atom. The van der Waals surface area contributed by atoms with Gasteiger partial charge in [-0.25, -0.2) is 0 Å². The summed E-state index contributed by atoms with van der Waals surface area (Å²) < 4.78 is 1.70.